The van der Waals surface area contributed by atoms with Crippen LogP contribution in [-0.4, -0.2) is 21.5 Å². The van der Waals surface area contributed by atoms with Crippen molar-refractivity contribution in [2.24, 2.45) is 0 Å². The molecule has 0 unspecified atom stereocenters. The summed E-state index contributed by atoms with van der Waals surface area (Å²) in [5, 5.41) is 3.51. The zero-order chi connectivity index (χ0) is 14.6. The minimum atomic E-state index is -3.41. The molecule has 0 atom stereocenters. The van der Waals surface area contributed by atoms with E-state index in [0.717, 1.165) is 11.3 Å². The molecular weight excluding hydrogens is 272 g/mol. The Balaban J connectivity index is 2.24. The molecule has 0 heterocycles. The van der Waals surface area contributed by atoms with E-state index in [0.29, 0.717) is 6.04 Å². The monoisotopic (exact) mass is 294 g/mol. The van der Waals surface area contributed by atoms with E-state index in [1.165, 1.54) is 39.2 Å². The van der Waals surface area contributed by atoms with Gasteiger partial charge in [0.25, 0.3) is 0 Å². The molecule has 0 amide bonds. The fourth-order valence-corrected chi connectivity index (χ4v) is 3.36. The van der Waals surface area contributed by atoms with E-state index in [1.54, 1.807) is 18.2 Å². The van der Waals surface area contributed by atoms with E-state index >= 15 is 0 Å². The van der Waals surface area contributed by atoms with Gasteiger partial charge < -0.3 is 5.32 Å². The smallest absolute Gasteiger partial charge is 0.240 e. The summed E-state index contributed by atoms with van der Waals surface area (Å²) in [4.78, 5) is 0.268. The molecule has 0 bridgehead atoms. The van der Waals surface area contributed by atoms with Crippen molar-refractivity contribution in [3.05, 3.63) is 30.3 Å². The fraction of sp³-hybridized carbons (Fsp3) is 0.467. The van der Waals surface area contributed by atoms with Crippen LogP contribution in [0.1, 0.15) is 37.7 Å². The van der Waals surface area contributed by atoms with Gasteiger partial charge in [-0.1, -0.05) is 31.9 Å². The molecule has 1 aromatic carbocycles. The number of nitrogens with one attached hydrogen (secondary N) is 2. The Labute approximate surface area is 121 Å². The van der Waals surface area contributed by atoms with Gasteiger partial charge in [0, 0.05) is 11.7 Å². The number of rotatable bonds is 5. The molecule has 1 saturated carbocycles. The Bertz CT molecular complexity index is 576. The molecule has 0 radical (unpaired) electrons. The average molecular weight is 294 g/mol. The second-order valence-corrected chi connectivity index (χ2v) is 7.03. The van der Waals surface area contributed by atoms with Crippen molar-refractivity contribution in [3.8, 4) is 0 Å². The molecule has 110 valence electrons. The lowest BCUT2D eigenvalue weighted by Gasteiger charge is -2.25. The van der Waals surface area contributed by atoms with E-state index in [2.05, 4.69) is 16.6 Å². The normalized spacial score (nSPS) is 16.9. The van der Waals surface area contributed by atoms with Crippen LogP contribution in [0.2, 0.25) is 0 Å². The Morgan fingerprint density at radius 3 is 2.55 bits per heavy atom. The molecule has 0 aromatic heterocycles. The Kier molecular flexibility index (Phi) is 4.83. The molecular formula is C15H22N2O2S. The maximum absolute atomic E-state index is 11.8. The van der Waals surface area contributed by atoms with Crippen LogP contribution in [0.4, 0.5) is 5.69 Å². The summed E-state index contributed by atoms with van der Waals surface area (Å²) in [6, 6.07) is 5.60. The highest BCUT2D eigenvalue weighted by atomic mass is 32.2. The summed E-state index contributed by atoms with van der Waals surface area (Å²) in [6.45, 7) is 3.78. The molecule has 0 saturated heterocycles. The van der Waals surface area contributed by atoms with Crippen LogP contribution in [0.5, 0.6) is 0 Å². The zero-order valence-electron chi connectivity index (χ0n) is 11.9. The number of hydrogen-bond acceptors (Lipinski definition) is 3. The first-order valence-corrected chi connectivity index (χ1v) is 8.51. The van der Waals surface area contributed by atoms with Crippen molar-refractivity contribution in [1.82, 2.24) is 4.72 Å². The first-order valence-electron chi connectivity index (χ1n) is 7.03. The minimum Gasteiger partial charge on any atom is -0.382 e. The molecule has 4 nitrogen and oxygen atoms in total. The predicted octanol–water partition coefficient (Wildman–Crippen LogP) is 2.98. The SMILES string of the molecule is C=Cc1cc(S(=O)(=O)NC)ccc1NC1CCCCC1. The van der Waals surface area contributed by atoms with Crippen LogP contribution in [0.15, 0.2) is 29.7 Å². The summed E-state index contributed by atoms with van der Waals surface area (Å²) < 4.78 is 25.9. The summed E-state index contributed by atoms with van der Waals surface area (Å²) in [5.74, 6) is 0. The lowest BCUT2D eigenvalue weighted by molar-refractivity contribution is 0.462. The standard InChI is InChI=1S/C15H22N2O2S/c1-3-12-11-14(20(18,19)16-2)9-10-15(12)17-13-7-5-4-6-8-13/h3,9-11,13,16-17H,1,4-8H2,2H3. The lowest BCUT2D eigenvalue weighted by Crippen LogP contribution is -2.23. The predicted molar refractivity (Wildman–Crippen MR) is 83.3 cm³/mol. The van der Waals surface area contributed by atoms with Gasteiger partial charge in [0.1, 0.15) is 0 Å². The molecule has 5 heteroatoms. The number of hydrogen-bond donors (Lipinski definition) is 2. The van der Waals surface area contributed by atoms with Gasteiger partial charge >= 0.3 is 0 Å². The highest BCUT2D eigenvalue weighted by molar-refractivity contribution is 7.89. The topological polar surface area (TPSA) is 58.2 Å². The van der Waals surface area contributed by atoms with Gasteiger partial charge in [-0.2, -0.15) is 0 Å². The van der Waals surface area contributed by atoms with Crippen molar-refractivity contribution in [2.75, 3.05) is 12.4 Å². The van der Waals surface area contributed by atoms with Crippen molar-refractivity contribution in [3.63, 3.8) is 0 Å². The van der Waals surface area contributed by atoms with Gasteiger partial charge in [-0.3, -0.25) is 0 Å². The maximum Gasteiger partial charge on any atom is 0.240 e. The number of benzene rings is 1. The third-order valence-electron chi connectivity index (χ3n) is 3.79. The third kappa shape index (κ3) is 3.41. The van der Waals surface area contributed by atoms with Crippen molar-refractivity contribution in [2.45, 2.75) is 43.0 Å². The fourth-order valence-electron chi connectivity index (χ4n) is 2.59. The molecule has 2 N–H and O–H groups in total. The van der Waals surface area contributed by atoms with Crippen LogP contribution < -0.4 is 10.0 Å². The first-order chi connectivity index (χ1) is 9.56. The van der Waals surface area contributed by atoms with Crippen LogP contribution >= 0.6 is 0 Å². The van der Waals surface area contributed by atoms with Gasteiger partial charge in [0.15, 0.2) is 0 Å². The summed E-state index contributed by atoms with van der Waals surface area (Å²) >= 11 is 0. The molecule has 1 aliphatic carbocycles. The molecule has 1 aromatic rings. The minimum absolute atomic E-state index is 0.268. The molecule has 1 fully saturated rings. The molecule has 0 aliphatic heterocycles. The van der Waals surface area contributed by atoms with Crippen molar-refractivity contribution < 1.29 is 8.42 Å². The van der Waals surface area contributed by atoms with Crippen LogP contribution in [0.3, 0.4) is 0 Å². The average Bonchev–Trinajstić information content (AvgIpc) is 2.48. The largest absolute Gasteiger partial charge is 0.382 e. The van der Waals surface area contributed by atoms with E-state index in [4.69, 9.17) is 0 Å². The lowest BCUT2D eigenvalue weighted by atomic mass is 9.95. The Morgan fingerprint density at radius 1 is 1.25 bits per heavy atom. The quantitative estimate of drug-likeness (QED) is 0.877. The third-order valence-corrected chi connectivity index (χ3v) is 5.20. The van der Waals surface area contributed by atoms with Crippen LogP contribution in [0.25, 0.3) is 6.08 Å². The van der Waals surface area contributed by atoms with Crippen LogP contribution in [-0.2, 0) is 10.0 Å². The second-order valence-electron chi connectivity index (χ2n) is 5.14. The van der Waals surface area contributed by atoms with Crippen molar-refractivity contribution >= 4 is 21.8 Å². The van der Waals surface area contributed by atoms with Gasteiger partial charge in [-0.25, -0.2) is 13.1 Å². The molecule has 2 rings (SSSR count). The van der Waals surface area contributed by atoms with Gasteiger partial charge in [0.2, 0.25) is 10.0 Å². The van der Waals surface area contributed by atoms with E-state index in [-0.39, 0.29) is 4.90 Å². The molecule has 0 spiro atoms. The Morgan fingerprint density at radius 2 is 1.95 bits per heavy atom. The second kappa shape index (κ2) is 6.41. The first kappa shape index (κ1) is 15.1. The zero-order valence-corrected chi connectivity index (χ0v) is 12.7. The Hall–Kier alpha value is -1.33. The van der Waals surface area contributed by atoms with Gasteiger partial charge in [0.05, 0.1) is 4.90 Å². The highest BCUT2D eigenvalue weighted by Gasteiger charge is 2.16. The van der Waals surface area contributed by atoms with E-state index < -0.39 is 10.0 Å². The van der Waals surface area contributed by atoms with Gasteiger partial charge in [-0.15, -0.1) is 0 Å². The summed E-state index contributed by atoms with van der Waals surface area (Å²) in [7, 11) is -1.99. The van der Waals surface area contributed by atoms with Crippen molar-refractivity contribution in [1.29, 1.82) is 0 Å². The van der Waals surface area contributed by atoms with Gasteiger partial charge in [-0.05, 0) is 43.7 Å². The number of sulfonamides is 1. The van der Waals surface area contributed by atoms with E-state index in [1.807, 2.05) is 6.07 Å². The maximum atomic E-state index is 11.8. The highest BCUT2D eigenvalue weighted by Crippen LogP contribution is 2.26. The van der Waals surface area contributed by atoms with E-state index in [9.17, 15) is 8.42 Å². The van der Waals surface area contributed by atoms with Crippen LogP contribution in [0, 0.1) is 0 Å². The number of anilines is 1. The molecule has 20 heavy (non-hydrogen) atoms. The summed E-state index contributed by atoms with van der Waals surface area (Å²) in [6.07, 6.45) is 7.87. The molecule has 1 aliphatic rings. The summed E-state index contributed by atoms with van der Waals surface area (Å²) in [5.41, 5.74) is 1.79.